The van der Waals surface area contributed by atoms with Crippen LogP contribution in [0.5, 0.6) is 0 Å². The van der Waals surface area contributed by atoms with Gasteiger partial charge in [0.2, 0.25) is 0 Å². The summed E-state index contributed by atoms with van der Waals surface area (Å²) in [6, 6.07) is 6.34. The third kappa shape index (κ3) is 4.64. The second-order valence-corrected chi connectivity index (χ2v) is 8.17. The fourth-order valence-corrected chi connectivity index (χ4v) is 3.80. The molecule has 1 aliphatic rings. The van der Waals surface area contributed by atoms with Crippen LogP contribution in [-0.4, -0.2) is 34.4 Å². The minimum Gasteiger partial charge on any atom is -0.339 e. The number of nitrogens with zero attached hydrogens (tertiary/aromatic N) is 2. The Balaban J connectivity index is 1.89. The van der Waals surface area contributed by atoms with Crippen LogP contribution in [0.25, 0.3) is 0 Å². The zero-order valence-electron chi connectivity index (χ0n) is 15.5. The number of nitrogens with one attached hydrogen (secondary N) is 1. The van der Waals surface area contributed by atoms with Gasteiger partial charge in [-0.1, -0.05) is 40.4 Å². The number of likely N-dealkylation sites (tertiary alicyclic amines) is 1. The molecule has 8 heteroatoms. The molecule has 28 heavy (non-hydrogen) atoms. The van der Waals surface area contributed by atoms with Crippen LogP contribution in [0.3, 0.4) is 0 Å². The number of halogens is 2. The van der Waals surface area contributed by atoms with Gasteiger partial charge in [-0.25, -0.2) is 0 Å². The lowest BCUT2D eigenvalue weighted by Crippen LogP contribution is -2.33. The van der Waals surface area contributed by atoms with Crippen molar-refractivity contribution >= 4 is 45.0 Å². The van der Waals surface area contributed by atoms with Crippen LogP contribution in [0.4, 0.5) is 5.69 Å². The Labute approximate surface area is 176 Å². The Morgan fingerprint density at radius 2 is 1.79 bits per heavy atom. The molecular weight excluding hydrogens is 446 g/mol. The summed E-state index contributed by atoms with van der Waals surface area (Å²) in [5, 5.41) is 2.87. The van der Waals surface area contributed by atoms with Gasteiger partial charge >= 0.3 is 0 Å². The van der Waals surface area contributed by atoms with Gasteiger partial charge in [-0.3, -0.25) is 14.4 Å². The maximum atomic E-state index is 12.9. The first kappa shape index (κ1) is 20.6. The quantitative estimate of drug-likeness (QED) is 0.741. The second kappa shape index (κ2) is 8.92. The summed E-state index contributed by atoms with van der Waals surface area (Å²) in [5.74, 6) is -0.642. The summed E-state index contributed by atoms with van der Waals surface area (Å²) >= 11 is 9.40. The van der Waals surface area contributed by atoms with Crippen molar-refractivity contribution in [2.75, 3.05) is 18.4 Å². The number of amides is 2. The molecule has 0 aliphatic carbocycles. The molecule has 1 aromatic heterocycles. The summed E-state index contributed by atoms with van der Waals surface area (Å²) in [6.07, 6.45) is 5.69. The minimum absolute atomic E-state index is 0.0456. The van der Waals surface area contributed by atoms with Crippen molar-refractivity contribution in [3.8, 4) is 0 Å². The lowest BCUT2D eigenvalue weighted by atomic mass is 10.2. The van der Waals surface area contributed by atoms with Crippen LogP contribution in [0.2, 0.25) is 5.02 Å². The number of aromatic nitrogens is 1. The van der Waals surface area contributed by atoms with Gasteiger partial charge in [0, 0.05) is 30.8 Å². The van der Waals surface area contributed by atoms with Crippen molar-refractivity contribution < 1.29 is 9.59 Å². The molecule has 1 aromatic carbocycles. The summed E-state index contributed by atoms with van der Waals surface area (Å²) in [4.78, 5) is 39.8. The highest BCUT2D eigenvalue weighted by Crippen LogP contribution is 2.22. The maximum Gasteiger partial charge on any atom is 0.274 e. The number of carbonyl (C=O) groups excluding carboxylic acids is 2. The lowest BCUT2D eigenvalue weighted by Gasteiger charge is -2.21. The number of hydrogen-bond donors (Lipinski definition) is 1. The van der Waals surface area contributed by atoms with Gasteiger partial charge in [0.1, 0.15) is 5.69 Å². The van der Waals surface area contributed by atoms with Gasteiger partial charge in [-0.15, -0.1) is 0 Å². The number of aryl methyl sites for hydroxylation is 1. The van der Waals surface area contributed by atoms with Crippen LogP contribution in [-0.2, 0) is 7.05 Å². The van der Waals surface area contributed by atoms with Crippen LogP contribution < -0.4 is 10.9 Å². The minimum atomic E-state index is -0.511. The van der Waals surface area contributed by atoms with E-state index in [9.17, 15) is 14.4 Å². The van der Waals surface area contributed by atoms with Crippen molar-refractivity contribution in [1.82, 2.24) is 9.47 Å². The molecule has 0 radical (unpaired) electrons. The molecule has 0 atom stereocenters. The zero-order chi connectivity index (χ0) is 20.3. The molecule has 2 aromatic rings. The Hall–Kier alpha value is -2.12. The Morgan fingerprint density at radius 3 is 2.46 bits per heavy atom. The van der Waals surface area contributed by atoms with E-state index in [-0.39, 0.29) is 22.2 Å². The Kier molecular flexibility index (Phi) is 6.57. The zero-order valence-corrected chi connectivity index (χ0v) is 17.8. The highest BCUT2D eigenvalue weighted by atomic mass is 79.9. The Bertz CT molecular complexity index is 966. The van der Waals surface area contributed by atoms with Crippen molar-refractivity contribution in [3.63, 3.8) is 0 Å². The van der Waals surface area contributed by atoms with E-state index in [2.05, 4.69) is 21.2 Å². The smallest absolute Gasteiger partial charge is 0.274 e. The molecule has 2 heterocycles. The predicted octanol–water partition coefficient (Wildman–Crippen LogP) is 4.07. The normalized spacial score (nSPS) is 14.5. The van der Waals surface area contributed by atoms with Gasteiger partial charge in [-0.2, -0.15) is 0 Å². The van der Waals surface area contributed by atoms with Crippen molar-refractivity contribution in [2.45, 2.75) is 25.7 Å². The van der Waals surface area contributed by atoms with Gasteiger partial charge in [0.15, 0.2) is 0 Å². The molecule has 3 rings (SSSR count). The van der Waals surface area contributed by atoms with E-state index in [0.29, 0.717) is 23.1 Å². The standard InChI is InChI=1S/C20H21BrClN3O3/c1-24-12-13(19(27)25-8-4-2-3-5-9-25)10-17(20(24)28)23-18(26)15-11-14(21)6-7-16(15)22/h6-7,10-12H,2-5,8-9H2,1H3,(H,23,26). The lowest BCUT2D eigenvalue weighted by molar-refractivity contribution is 0.0760. The van der Waals surface area contributed by atoms with Crippen molar-refractivity contribution in [3.05, 3.63) is 61.4 Å². The van der Waals surface area contributed by atoms with Gasteiger partial charge in [0.25, 0.3) is 17.4 Å². The largest absolute Gasteiger partial charge is 0.339 e. The molecule has 6 nitrogen and oxygen atoms in total. The predicted molar refractivity (Wildman–Crippen MR) is 113 cm³/mol. The topological polar surface area (TPSA) is 71.4 Å². The SMILES string of the molecule is Cn1cc(C(=O)N2CCCCCC2)cc(NC(=O)c2cc(Br)ccc2Cl)c1=O. The molecule has 0 saturated carbocycles. The molecule has 0 unspecified atom stereocenters. The van der Waals surface area contributed by atoms with Gasteiger partial charge in [-0.05, 0) is 37.1 Å². The van der Waals surface area contributed by atoms with E-state index >= 15 is 0 Å². The number of anilines is 1. The number of hydrogen-bond acceptors (Lipinski definition) is 3. The first-order chi connectivity index (χ1) is 13.4. The molecule has 148 valence electrons. The van der Waals surface area contributed by atoms with Gasteiger partial charge < -0.3 is 14.8 Å². The highest BCUT2D eigenvalue weighted by molar-refractivity contribution is 9.10. The first-order valence-electron chi connectivity index (χ1n) is 9.13. The second-order valence-electron chi connectivity index (χ2n) is 6.84. The van der Waals surface area contributed by atoms with E-state index in [1.807, 2.05) is 4.90 Å². The fourth-order valence-electron chi connectivity index (χ4n) is 3.24. The van der Waals surface area contributed by atoms with E-state index in [1.165, 1.54) is 16.8 Å². The maximum absolute atomic E-state index is 12.9. The van der Waals surface area contributed by atoms with E-state index in [0.717, 1.165) is 25.7 Å². The van der Waals surface area contributed by atoms with Crippen LogP contribution in [0.1, 0.15) is 46.4 Å². The van der Waals surface area contributed by atoms with Crippen LogP contribution >= 0.6 is 27.5 Å². The number of benzene rings is 1. The number of carbonyl (C=O) groups is 2. The summed E-state index contributed by atoms with van der Waals surface area (Å²) < 4.78 is 2.00. The van der Waals surface area contributed by atoms with E-state index in [4.69, 9.17) is 11.6 Å². The summed E-state index contributed by atoms with van der Waals surface area (Å²) in [5.41, 5.74) is 0.262. The fraction of sp³-hybridized carbons (Fsp3) is 0.350. The molecule has 1 fully saturated rings. The third-order valence-electron chi connectivity index (χ3n) is 4.74. The van der Waals surface area contributed by atoms with Crippen molar-refractivity contribution in [1.29, 1.82) is 0 Å². The summed E-state index contributed by atoms with van der Waals surface area (Å²) in [7, 11) is 1.56. The Morgan fingerprint density at radius 1 is 1.11 bits per heavy atom. The molecule has 2 amide bonds. The van der Waals surface area contributed by atoms with E-state index in [1.54, 1.807) is 25.2 Å². The first-order valence-corrected chi connectivity index (χ1v) is 10.3. The molecule has 1 N–H and O–H groups in total. The molecule has 0 bridgehead atoms. The van der Waals surface area contributed by atoms with E-state index < -0.39 is 11.5 Å². The average Bonchev–Trinajstić information content (AvgIpc) is 2.96. The summed E-state index contributed by atoms with van der Waals surface area (Å²) in [6.45, 7) is 1.41. The van der Waals surface area contributed by atoms with Crippen molar-refractivity contribution in [2.24, 2.45) is 7.05 Å². The molecular formula is C20H21BrClN3O3. The van der Waals surface area contributed by atoms with Crippen LogP contribution in [0, 0.1) is 0 Å². The van der Waals surface area contributed by atoms with Crippen LogP contribution in [0.15, 0.2) is 39.7 Å². The average molecular weight is 467 g/mol. The third-order valence-corrected chi connectivity index (χ3v) is 5.57. The van der Waals surface area contributed by atoms with Gasteiger partial charge in [0.05, 0.1) is 16.1 Å². The molecule has 1 aliphatic heterocycles. The molecule has 1 saturated heterocycles. The highest BCUT2D eigenvalue weighted by Gasteiger charge is 2.20. The monoisotopic (exact) mass is 465 g/mol. The number of pyridine rings is 1. The number of rotatable bonds is 3. The molecule has 0 spiro atoms.